The van der Waals surface area contributed by atoms with Gasteiger partial charge in [0.25, 0.3) is 11.5 Å². The van der Waals surface area contributed by atoms with Crippen LogP contribution >= 0.6 is 11.3 Å². The van der Waals surface area contributed by atoms with Crippen molar-refractivity contribution in [1.82, 2.24) is 24.8 Å². The molecule has 1 N–H and O–H groups in total. The van der Waals surface area contributed by atoms with Gasteiger partial charge in [0.1, 0.15) is 5.69 Å². The van der Waals surface area contributed by atoms with Gasteiger partial charge in [0.05, 0.1) is 0 Å². The van der Waals surface area contributed by atoms with E-state index in [0.717, 1.165) is 50.6 Å². The maximum atomic E-state index is 12.8. The minimum absolute atomic E-state index is 0.259. The second-order valence-corrected chi connectivity index (χ2v) is 8.53. The minimum Gasteiger partial charge on any atom is -0.349 e. The second kappa shape index (κ2) is 8.57. The number of nitrogens with zero attached hydrogens (tertiary/aromatic N) is 5. The van der Waals surface area contributed by atoms with Crippen molar-refractivity contribution in [1.29, 1.82) is 0 Å². The zero-order valence-electron chi connectivity index (χ0n) is 16.4. The maximum Gasteiger partial charge on any atom is 0.274 e. The van der Waals surface area contributed by atoms with Crippen LogP contribution in [0.1, 0.15) is 55.9 Å². The molecule has 0 aliphatic carbocycles. The largest absolute Gasteiger partial charge is 0.349 e. The van der Waals surface area contributed by atoms with E-state index in [1.165, 1.54) is 41.2 Å². The number of anilines is 1. The summed E-state index contributed by atoms with van der Waals surface area (Å²) >= 11 is 1.38. The van der Waals surface area contributed by atoms with Crippen LogP contribution in [-0.2, 0) is 0 Å². The van der Waals surface area contributed by atoms with Crippen molar-refractivity contribution >= 4 is 27.3 Å². The lowest BCUT2D eigenvalue weighted by Crippen LogP contribution is -2.40. The molecule has 0 bridgehead atoms. The Balaban J connectivity index is 1.55. The van der Waals surface area contributed by atoms with E-state index in [-0.39, 0.29) is 11.6 Å². The van der Waals surface area contributed by atoms with Crippen molar-refractivity contribution in [3.05, 3.63) is 22.1 Å². The Morgan fingerprint density at radius 1 is 1.21 bits per heavy atom. The van der Waals surface area contributed by atoms with E-state index in [0.29, 0.717) is 17.5 Å². The fourth-order valence-electron chi connectivity index (χ4n) is 4.20. The number of amides is 1. The minimum atomic E-state index is -0.396. The van der Waals surface area contributed by atoms with Crippen LogP contribution in [0, 0.1) is 0 Å². The average molecular weight is 405 g/mol. The van der Waals surface area contributed by atoms with E-state index in [1.807, 2.05) is 0 Å². The molecule has 0 aromatic carbocycles. The van der Waals surface area contributed by atoms with Gasteiger partial charge in [-0.2, -0.15) is 9.50 Å². The average Bonchev–Trinajstić information content (AvgIpc) is 3.23. The van der Waals surface area contributed by atoms with E-state index in [9.17, 15) is 9.59 Å². The predicted molar refractivity (Wildman–Crippen MR) is 110 cm³/mol. The lowest BCUT2D eigenvalue weighted by molar-refractivity contribution is 0.0933. The summed E-state index contributed by atoms with van der Waals surface area (Å²) in [7, 11) is 0. The first-order valence-corrected chi connectivity index (χ1v) is 11.2. The van der Waals surface area contributed by atoms with E-state index in [4.69, 9.17) is 0 Å². The third-order valence-corrected chi connectivity index (χ3v) is 6.73. The molecule has 2 aromatic heterocycles. The SMILES string of the molecule is CCN1CCCC1CNC(=O)c1cc(=O)nc2sc(N3CCCCCC3)nn12. The Labute approximate surface area is 168 Å². The quantitative estimate of drug-likeness (QED) is 0.817. The van der Waals surface area contributed by atoms with Crippen molar-refractivity contribution < 1.29 is 4.79 Å². The van der Waals surface area contributed by atoms with E-state index < -0.39 is 5.56 Å². The molecule has 1 amide bonds. The van der Waals surface area contributed by atoms with Crippen LogP contribution in [0.2, 0.25) is 0 Å². The smallest absolute Gasteiger partial charge is 0.274 e. The summed E-state index contributed by atoms with van der Waals surface area (Å²) in [6.45, 7) is 6.73. The molecule has 152 valence electrons. The number of hydrogen-bond donors (Lipinski definition) is 1. The zero-order chi connectivity index (χ0) is 19.5. The van der Waals surface area contributed by atoms with E-state index in [2.05, 4.69) is 32.1 Å². The van der Waals surface area contributed by atoms with Gasteiger partial charge in [-0.15, -0.1) is 5.10 Å². The Morgan fingerprint density at radius 3 is 2.75 bits per heavy atom. The monoisotopic (exact) mass is 404 g/mol. The van der Waals surface area contributed by atoms with Gasteiger partial charge in [0, 0.05) is 31.7 Å². The molecule has 4 heterocycles. The van der Waals surface area contributed by atoms with Crippen molar-refractivity contribution in [2.24, 2.45) is 0 Å². The third-order valence-electron chi connectivity index (χ3n) is 5.76. The lowest BCUT2D eigenvalue weighted by Gasteiger charge is -2.22. The number of fused-ring (bicyclic) bond motifs is 1. The Morgan fingerprint density at radius 2 is 2.00 bits per heavy atom. The van der Waals surface area contributed by atoms with Crippen LogP contribution in [0.3, 0.4) is 0 Å². The highest BCUT2D eigenvalue weighted by Crippen LogP contribution is 2.25. The van der Waals surface area contributed by atoms with Crippen molar-refractivity contribution in [2.75, 3.05) is 37.6 Å². The van der Waals surface area contributed by atoms with Crippen LogP contribution in [-0.4, -0.2) is 64.2 Å². The summed E-state index contributed by atoms with van der Waals surface area (Å²) in [4.78, 5) is 34.1. The molecule has 2 fully saturated rings. The number of likely N-dealkylation sites (tertiary alicyclic amines) is 1. The number of hydrogen-bond acceptors (Lipinski definition) is 7. The molecule has 9 heteroatoms. The first-order valence-electron chi connectivity index (χ1n) is 10.3. The van der Waals surface area contributed by atoms with Crippen molar-refractivity contribution in [3.63, 3.8) is 0 Å². The van der Waals surface area contributed by atoms with E-state index in [1.54, 1.807) is 0 Å². The molecule has 0 radical (unpaired) electrons. The summed E-state index contributed by atoms with van der Waals surface area (Å²) in [6.07, 6.45) is 7.02. The molecule has 1 unspecified atom stereocenters. The zero-order valence-corrected chi connectivity index (χ0v) is 17.2. The van der Waals surface area contributed by atoms with Crippen LogP contribution < -0.4 is 15.8 Å². The first-order chi connectivity index (χ1) is 13.7. The number of aromatic nitrogens is 3. The van der Waals surface area contributed by atoms with Gasteiger partial charge in [-0.05, 0) is 38.8 Å². The summed E-state index contributed by atoms with van der Waals surface area (Å²) < 4.78 is 1.54. The van der Waals surface area contributed by atoms with Crippen LogP contribution in [0.25, 0.3) is 4.96 Å². The number of rotatable bonds is 5. The van der Waals surface area contributed by atoms with Gasteiger partial charge in [-0.1, -0.05) is 31.1 Å². The molecule has 2 aromatic rings. The molecule has 2 saturated heterocycles. The molecule has 8 nitrogen and oxygen atoms in total. The molecule has 1 atom stereocenters. The molecular weight excluding hydrogens is 376 g/mol. The highest BCUT2D eigenvalue weighted by atomic mass is 32.1. The van der Waals surface area contributed by atoms with Gasteiger partial charge in [0.2, 0.25) is 10.1 Å². The number of nitrogens with one attached hydrogen (secondary N) is 1. The lowest BCUT2D eigenvalue weighted by atomic mass is 10.2. The van der Waals surface area contributed by atoms with Gasteiger partial charge >= 0.3 is 0 Å². The van der Waals surface area contributed by atoms with Crippen LogP contribution in [0.15, 0.2) is 10.9 Å². The Hall–Kier alpha value is -2.00. The van der Waals surface area contributed by atoms with Crippen molar-refractivity contribution in [3.8, 4) is 0 Å². The van der Waals surface area contributed by atoms with Crippen molar-refractivity contribution in [2.45, 2.75) is 51.5 Å². The van der Waals surface area contributed by atoms with Crippen LogP contribution in [0.5, 0.6) is 0 Å². The van der Waals surface area contributed by atoms with Gasteiger partial charge in [0.15, 0.2) is 0 Å². The number of carbonyl (C=O) groups excluding carboxylic acids is 1. The number of likely N-dealkylation sites (N-methyl/N-ethyl adjacent to an activating group) is 1. The molecular formula is C19H28N6O2S. The summed E-state index contributed by atoms with van der Waals surface area (Å²) in [5.41, 5.74) is -0.124. The fourth-order valence-corrected chi connectivity index (χ4v) is 5.16. The van der Waals surface area contributed by atoms with Crippen LogP contribution in [0.4, 0.5) is 5.13 Å². The summed E-state index contributed by atoms with van der Waals surface area (Å²) in [5.74, 6) is -0.259. The Bertz CT molecular complexity index is 886. The first kappa shape index (κ1) is 19.3. The van der Waals surface area contributed by atoms with E-state index >= 15 is 0 Å². The highest BCUT2D eigenvalue weighted by molar-refractivity contribution is 7.20. The maximum absolute atomic E-state index is 12.8. The fraction of sp³-hybridized carbons (Fsp3) is 0.684. The number of carbonyl (C=O) groups is 1. The highest BCUT2D eigenvalue weighted by Gasteiger charge is 2.24. The van der Waals surface area contributed by atoms with Gasteiger partial charge < -0.3 is 10.2 Å². The summed E-state index contributed by atoms with van der Waals surface area (Å²) in [5, 5.41) is 8.48. The molecule has 0 spiro atoms. The topological polar surface area (TPSA) is 82.8 Å². The molecule has 0 saturated carbocycles. The van der Waals surface area contributed by atoms with Gasteiger partial charge in [-0.25, -0.2) is 0 Å². The predicted octanol–water partition coefficient (Wildman–Crippen LogP) is 1.75. The molecule has 28 heavy (non-hydrogen) atoms. The molecule has 4 rings (SSSR count). The molecule has 2 aliphatic heterocycles. The van der Waals surface area contributed by atoms with Gasteiger partial charge in [-0.3, -0.25) is 14.5 Å². The normalized spacial score (nSPS) is 21.2. The third kappa shape index (κ3) is 4.05. The summed E-state index contributed by atoms with van der Waals surface area (Å²) in [6, 6.07) is 1.66. The molecule has 2 aliphatic rings. The standard InChI is InChI=1S/C19H28N6O2S/c1-2-23-11-7-8-14(23)13-20-17(27)15-12-16(26)21-18-25(15)22-19(28-18)24-9-5-3-4-6-10-24/h12,14H,2-11,13H2,1H3,(H,20,27). The Kier molecular flexibility index (Phi) is 5.91. The second-order valence-electron chi connectivity index (χ2n) is 7.59.